The van der Waals surface area contributed by atoms with Crippen molar-refractivity contribution >= 4 is 23.2 Å². The molecule has 4 nitrogen and oxygen atoms in total. The normalized spacial score (nSPS) is 14.9. The molecule has 0 atom stereocenters. The Balaban J connectivity index is 2.19. The number of nitrogens with two attached hydrogens (primary N) is 1. The van der Waals surface area contributed by atoms with Crippen LogP contribution in [-0.2, 0) is 11.2 Å². The average Bonchev–Trinajstić information content (AvgIpc) is 2.43. The first-order valence-corrected chi connectivity index (χ1v) is 7.34. The molecule has 1 heterocycles. The molecule has 2 rings (SSSR count). The SMILES string of the molecule is Cc1cc(C2=NNC(=O)CC2)c(Cl)cc1CCCCN. The highest BCUT2D eigenvalue weighted by atomic mass is 35.5. The van der Waals surface area contributed by atoms with Gasteiger partial charge < -0.3 is 5.73 Å². The lowest BCUT2D eigenvalue weighted by Crippen LogP contribution is -2.26. The van der Waals surface area contributed by atoms with E-state index in [0.29, 0.717) is 17.9 Å². The van der Waals surface area contributed by atoms with Gasteiger partial charge >= 0.3 is 0 Å². The summed E-state index contributed by atoms with van der Waals surface area (Å²) in [6, 6.07) is 4.08. The van der Waals surface area contributed by atoms with Crippen LogP contribution in [0.3, 0.4) is 0 Å². The smallest absolute Gasteiger partial charge is 0.240 e. The van der Waals surface area contributed by atoms with Crippen molar-refractivity contribution in [3.8, 4) is 0 Å². The van der Waals surface area contributed by atoms with Gasteiger partial charge in [-0.25, -0.2) is 5.43 Å². The maximum absolute atomic E-state index is 11.1. The van der Waals surface area contributed by atoms with E-state index in [4.69, 9.17) is 17.3 Å². The fourth-order valence-corrected chi connectivity index (χ4v) is 2.64. The second-order valence-corrected chi connectivity index (χ2v) is 5.50. The van der Waals surface area contributed by atoms with Gasteiger partial charge in [0.05, 0.1) is 5.71 Å². The molecule has 108 valence electrons. The summed E-state index contributed by atoms with van der Waals surface area (Å²) in [6.07, 6.45) is 4.19. The molecule has 1 aromatic rings. The van der Waals surface area contributed by atoms with Crippen LogP contribution >= 0.6 is 11.6 Å². The summed E-state index contributed by atoms with van der Waals surface area (Å²) >= 11 is 6.37. The minimum absolute atomic E-state index is 0.0417. The molecule has 5 heteroatoms. The average molecular weight is 294 g/mol. The van der Waals surface area contributed by atoms with Gasteiger partial charge in [-0.05, 0) is 56.0 Å². The van der Waals surface area contributed by atoms with Gasteiger partial charge in [0.2, 0.25) is 5.91 Å². The number of halogens is 1. The number of amides is 1. The third kappa shape index (κ3) is 3.58. The molecule has 1 aliphatic rings. The molecule has 0 aromatic heterocycles. The molecule has 3 N–H and O–H groups in total. The molecule has 0 bridgehead atoms. The summed E-state index contributed by atoms with van der Waals surface area (Å²) in [6.45, 7) is 2.81. The van der Waals surface area contributed by atoms with Gasteiger partial charge in [0.1, 0.15) is 0 Å². The zero-order valence-electron chi connectivity index (χ0n) is 11.7. The molecule has 0 radical (unpaired) electrons. The van der Waals surface area contributed by atoms with Gasteiger partial charge in [-0.2, -0.15) is 5.10 Å². The maximum atomic E-state index is 11.1. The van der Waals surface area contributed by atoms with Crippen LogP contribution in [0.5, 0.6) is 0 Å². The number of hydrazone groups is 1. The fourth-order valence-electron chi connectivity index (χ4n) is 2.34. The Kier molecular flexibility index (Phi) is 5.15. The first kappa shape index (κ1) is 15.0. The van der Waals surface area contributed by atoms with Crippen molar-refractivity contribution in [2.75, 3.05) is 6.54 Å². The zero-order valence-corrected chi connectivity index (χ0v) is 12.5. The zero-order chi connectivity index (χ0) is 14.5. The van der Waals surface area contributed by atoms with Crippen LogP contribution in [0.2, 0.25) is 5.02 Å². The summed E-state index contributed by atoms with van der Waals surface area (Å²) in [4.78, 5) is 11.1. The Bertz CT molecular complexity index is 540. The van der Waals surface area contributed by atoms with Crippen LogP contribution in [-0.4, -0.2) is 18.2 Å². The van der Waals surface area contributed by atoms with Crippen molar-refractivity contribution < 1.29 is 4.79 Å². The van der Waals surface area contributed by atoms with Gasteiger partial charge in [0, 0.05) is 23.4 Å². The second-order valence-electron chi connectivity index (χ2n) is 5.10. The number of benzene rings is 1. The molecule has 0 unspecified atom stereocenters. The Hall–Kier alpha value is -1.39. The number of carbonyl (C=O) groups is 1. The molecule has 0 aliphatic carbocycles. The highest BCUT2D eigenvalue weighted by Crippen LogP contribution is 2.25. The van der Waals surface area contributed by atoms with E-state index in [1.807, 2.05) is 6.07 Å². The number of unbranched alkanes of at least 4 members (excludes halogenated alkanes) is 1. The first-order chi connectivity index (χ1) is 9.61. The summed E-state index contributed by atoms with van der Waals surface area (Å²) in [5.41, 5.74) is 12.3. The van der Waals surface area contributed by atoms with Crippen LogP contribution in [0.15, 0.2) is 17.2 Å². The fraction of sp³-hybridized carbons (Fsp3) is 0.467. The van der Waals surface area contributed by atoms with Crippen molar-refractivity contribution in [2.45, 2.75) is 39.0 Å². The van der Waals surface area contributed by atoms with Gasteiger partial charge in [-0.1, -0.05) is 11.6 Å². The maximum Gasteiger partial charge on any atom is 0.240 e. The number of rotatable bonds is 5. The molecule has 0 spiro atoms. The third-order valence-electron chi connectivity index (χ3n) is 3.54. The number of nitrogens with zero attached hydrogens (tertiary/aromatic N) is 1. The Labute approximate surface area is 124 Å². The van der Waals surface area contributed by atoms with Crippen molar-refractivity contribution in [3.05, 3.63) is 33.8 Å². The Morgan fingerprint density at radius 2 is 2.15 bits per heavy atom. The van der Waals surface area contributed by atoms with E-state index in [2.05, 4.69) is 23.5 Å². The standard InChI is InChI=1S/C15H20ClN3O/c1-10-8-12(14-5-6-15(20)19-18-14)13(16)9-11(10)4-2-3-7-17/h8-9H,2-7,17H2,1H3,(H,19,20). The third-order valence-corrected chi connectivity index (χ3v) is 3.85. The topological polar surface area (TPSA) is 67.5 Å². The summed E-state index contributed by atoms with van der Waals surface area (Å²) in [5, 5.41) is 4.81. The predicted molar refractivity (Wildman–Crippen MR) is 82.1 cm³/mol. The quantitative estimate of drug-likeness (QED) is 0.819. The minimum Gasteiger partial charge on any atom is -0.330 e. The van der Waals surface area contributed by atoms with E-state index in [1.165, 1.54) is 11.1 Å². The van der Waals surface area contributed by atoms with E-state index < -0.39 is 0 Å². The Morgan fingerprint density at radius 1 is 1.35 bits per heavy atom. The summed E-state index contributed by atoms with van der Waals surface area (Å²) in [7, 11) is 0. The number of hydrogen-bond donors (Lipinski definition) is 2. The van der Waals surface area contributed by atoms with E-state index in [0.717, 1.165) is 37.1 Å². The first-order valence-electron chi connectivity index (χ1n) is 6.96. The van der Waals surface area contributed by atoms with Crippen LogP contribution in [0, 0.1) is 6.92 Å². The van der Waals surface area contributed by atoms with Gasteiger partial charge in [-0.3, -0.25) is 4.79 Å². The van der Waals surface area contributed by atoms with E-state index in [9.17, 15) is 4.79 Å². The van der Waals surface area contributed by atoms with Crippen molar-refractivity contribution in [2.24, 2.45) is 10.8 Å². The second kappa shape index (κ2) is 6.86. The lowest BCUT2D eigenvalue weighted by Gasteiger charge is -2.15. The number of hydrogen-bond acceptors (Lipinski definition) is 3. The molecule has 0 saturated heterocycles. The lowest BCUT2D eigenvalue weighted by atomic mass is 9.96. The number of nitrogens with one attached hydrogen (secondary N) is 1. The highest BCUT2D eigenvalue weighted by Gasteiger charge is 2.16. The highest BCUT2D eigenvalue weighted by molar-refractivity contribution is 6.34. The molecule has 0 saturated carbocycles. The van der Waals surface area contributed by atoms with Crippen molar-refractivity contribution in [1.29, 1.82) is 0 Å². The molecule has 0 fully saturated rings. The molecule has 1 aromatic carbocycles. The number of aryl methyl sites for hydroxylation is 2. The van der Waals surface area contributed by atoms with Crippen LogP contribution in [0.1, 0.15) is 42.4 Å². The predicted octanol–water partition coefficient (Wildman–Crippen LogP) is 2.54. The van der Waals surface area contributed by atoms with Crippen LogP contribution in [0.4, 0.5) is 0 Å². The molecule has 1 amide bonds. The van der Waals surface area contributed by atoms with Gasteiger partial charge in [-0.15, -0.1) is 0 Å². The van der Waals surface area contributed by atoms with Crippen LogP contribution in [0.25, 0.3) is 0 Å². The number of carbonyl (C=O) groups excluding carboxylic acids is 1. The Morgan fingerprint density at radius 3 is 2.80 bits per heavy atom. The van der Waals surface area contributed by atoms with E-state index in [1.54, 1.807) is 0 Å². The van der Waals surface area contributed by atoms with E-state index >= 15 is 0 Å². The van der Waals surface area contributed by atoms with E-state index in [-0.39, 0.29) is 5.91 Å². The molecular weight excluding hydrogens is 274 g/mol. The summed E-state index contributed by atoms with van der Waals surface area (Å²) in [5.74, 6) is -0.0417. The van der Waals surface area contributed by atoms with Crippen molar-refractivity contribution in [1.82, 2.24) is 5.43 Å². The molecular formula is C15H20ClN3O. The summed E-state index contributed by atoms with van der Waals surface area (Å²) < 4.78 is 0. The molecule has 20 heavy (non-hydrogen) atoms. The van der Waals surface area contributed by atoms with Gasteiger partial charge in [0.15, 0.2) is 0 Å². The minimum atomic E-state index is -0.0417. The van der Waals surface area contributed by atoms with Gasteiger partial charge in [0.25, 0.3) is 0 Å². The van der Waals surface area contributed by atoms with Crippen LogP contribution < -0.4 is 11.2 Å². The molecule has 1 aliphatic heterocycles. The lowest BCUT2D eigenvalue weighted by molar-refractivity contribution is -0.121. The van der Waals surface area contributed by atoms with Crippen molar-refractivity contribution in [3.63, 3.8) is 0 Å². The monoisotopic (exact) mass is 293 g/mol. The largest absolute Gasteiger partial charge is 0.330 e.